The molecule has 2 aliphatic rings. The average Bonchev–Trinajstić information content (AvgIpc) is 3.51. The van der Waals surface area contributed by atoms with Gasteiger partial charge in [0.15, 0.2) is 0 Å². The molecule has 1 amide bonds. The second-order valence-electron chi connectivity index (χ2n) is 10.6. The Labute approximate surface area is 231 Å². The highest BCUT2D eigenvalue weighted by Gasteiger charge is 2.27. The van der Waals surface area contributed by atoms with Gasteiger partial charge in [-0.3, -0.25) is 14.9 Å². The van der Waals surface area contributed by atoms with Gasteiger partial charge in [-0.15, -0.1) is 11.3 Å². The highest BCUT2D eigenvalue weighted by Crippen LogP contribution is 2.40. The van der Waals surface area contributed by atoms with Crippen LogP contribution in [0.3, 0.4) is 0 Å². The third-order valence-corrected chi connectivity index (χ3v) is 9.16. The molecule has 4 aromatic rings. The van der Waals surface area contributed by atoms with Gasteiger partial charge in [-0.1, -0.05) is 49.6 Å². The van der Waals surface area contributed by atoms with Gasteiger partial charge in [-0.05, 0) is 55.7 Å². The predicted molar refractivity (Wildman–Crippen MR) is 157 cm³/mol. The molecule has 1 fully saturated rings. The van der Waals surface area contributed by atoms with Crippen molar-refractivity contribution in [3.05, 3.63) is 92.0 Å². The van der Waals surface area contributed by atoms with E-state index in [0.29, 0.717) is 6.54 Å². The quantitative estimate of drug-likeness (QED) is 0.151. The molecule has 0 bridgehead atoms. The van der Waals surface area contributed by atoms with E-state index in [1.165, 1.54) is 29.7 Å². The van der Waals surface area contributed by atoms with E-state index in [1.54, 1.807) is 35.6 Å². The Bertz CT molecular complexity index is 1540. The van der Waals surface area contributed by atoms with Gasteiger partial charge in [-0.25, -0.2) is 4.99 Å². The number of hydrogen-bond donors (Lipinski definition) is 1. The van der Waals surface area contributed by atoms with Crippen LogP contribution in [0.5, 0.6) is 0 Å². The normalized spacial score (nSPS) is 16.0. The van der Waals surface area contributed by atoms with Gasteiger partial charge in [0.2, 0.25) is 0 Å². The maximum Gasteiger partial charge on any atom is 0.269 e. The number of nitrogens with zero attached hydrogens (tertiary/aromatic N) is 3. The monoisotopic (exact) mass is 540 g/mol. The Morgan fingerprint density at radius 3 is 2.62 bits per heavy atom. The van der Waals surface area contributed by atoms with Gasteiger partial charge in [0, 0.05) is 58.5 Å². The minimum Gasteiger partial charge on any atom is -0.349 e. The molecule has 0 aliphatic heterocycles. The Balaban J connectivity index is 1.31. The lowest BCUT2D eigenvalue weighted by atomic mass is 9.93. The number of rotatable bonds is 7. The van der Waals surface area contributed by atoms with E-state index in [1.807, 2.05) is 18.3 Å². The van der Waals surface area contributed by atoms with Crippen molar-refractivity contribution in [2.24, 2.45) is 4.99 Å². The molecule has 0 spiro atoms. The van der Waals surface area contributed by atoms with Crippen molar-refractivity contribution in [1.82, 2.24) is 9.88 Å². The standard InChI is InChI=1S/C31H32N4O3S/c36-30(33-23-8-2-1-3-9-23)29-26-11-5-7-13-28(26)39-31(29)32-18-22-20-34(27-12-6-4-10-25(22)27)19-21-14-16-24(17-15-21)35(37)38/h4,6,10,12,14-18,20,23H,1-3,5,7-9,11,13,19H2,(H,33,36). The summed E-state index contributed by atoms with van der Waals surface area (Å²) in [5, 5.41) is 16.2. The SMILES string of the molecule is O=C(NC1CCCCC1)c1c(N=Cc2cn(Cc3ccc([N+](=O)[O-])cc3)c3ccccc23)sc2c1CCCC2. The van der Waals surface area contributed by atoms with Crippen LogP contribution in [0, 0.1) is 10.1 Å². The summed E-state index contributed by atoms with van der Waals surface area (Å²) in [5.41, 5.74) is 5.11. The van der Waals surface area contributed by atoms with E-state index in [-0.39, 0.29) is 22.6 Å². The maximum absolute atomic E-state index is 13.5. The number of hydrogen-bond acceptors (Lipinski definition) is 5. The topological polar surface area (TPSA) is 89.5 Å². The van der Waals surface area contributed by atoms with Crippen LogP contribution < -0.4 is 5.32 Å². The molecule has 0 atom stereocenters. The van der Waals surface area contributed by atoms with Gasteiger partial charge in [0.05, 0.1) is 10.5 Å². The summed E-state index contributed by atoms with van der Waals surface area (Å²) in [6.07, 6.45) is 14.0. The van der Waals surface area contributed by atoms with Crippen LogP contribution in [0.2, 0.25) is 0 Å². The predicted octanol–water partition coefficient (Wildman–Crippen LogP) is 7.35. The number of aromatic nitrogens is 1. The summed E-state index contributed by atoms with van der Waals surface area (Å²) in [5.74, 6) is 0.0362. The summed E-state index contributed by atoms with van der Waals surface area (Å²) in [4.78, 5) is 30.4. The lowest BCUT2D eigenvalue weighted by Crippen LogP contribution is -2.36. The average molecular weight is 541 g/mol. The number of amides is 1. The van der Waals surface area contributed by atoms with Gasteiger partial charge < -0.3 is 9.88 Å². The largest absolute Gasteiger partial charge is 0.349 e. The van der Waals surface area contributed by atoms with Crippen LogP contribution in [0.4, 0.5) is 10.7 Å². The first-order chi connectivity index (χ1) is 19.1. The first-order valence-corrected chi connectivity index (χ1v) is 14.7. The number of non-ortho nitro benzene ring substituents is 1. The van der Waals surface area contributed by atoms with E-state index in [2.05, 4.69) is 28.2 Å². The lowest BCUT2D eigenvalue weighted by Gasteiger charge is -2.23. The summed E-state index contributed by atoms with van der Waals surface area (Å²) in [6.45, 7) is 0.592. The number of nitrogens with one attached hydrogen (secondary N) is 1. The molecule has 0 unspecified atom stereocenters. The fourth-order valence-electron chi connectivity index (χ4n) is 5.94. The molecule has 8 heteroatoms. The Kier molecular flexibility index (Phi) is 7.28. The second-order valence-corrected chi connectivity index (χ2v) is 11.7. The van der Waals surface area contributed by atoms with Crippen molar-refractivity contribution in [2.75, 3.05) is 0 Å². The van der Waals surface area contributed by atoms with Crippen molar-refractivity contribution < 1.29 is 9.72 Å². The Morgan fingerprint density at radius 2 is 1.82 bits per heavy atom. The number of aliphatic imine (C=N–C) groups is 1. The van der Waals surface area contributed by atoms with Crippen molar-refractivity contribution in [1.29, 1.82) is 0 Å². The Morgan fingerprint density at radius 1 is 1.05 bits per heavy atom. The van der Waals surface area contributed by atoms with E-state index >= 15 is 0 Å². The minimum absolute atomic E-state index is 0.0362. The first-order valence-electron chi connectivity index (χ1n) is 13.9. The maximum atomic E-state index is 13.5. The number of carbonyl (C=O) groups is 1. The summed E-state index contributed by atoms with van der Waals surface area (Å²) in [7, 11) is 0. The third-order valence-electron chi connectivity index (χ3n) is 7.96. The van der Waals surface area contributed by atoms with Gasteiger partial charge in [0.1, 0.15) is 5.00 Å². The molecule has 0 saturated heterocycles. The fraction of sp³-hybridized carbons (Fsp3) is 0.355. The molecule has 7 nitrogen and oxygen atoms in total. The first kappa shape index (κ1) is 25.5. The summed E-state index contributed by atoms with van der Waals surface area (Å²) in [6, 6.07) is 15.1. The number of benzene rings is 2. The van der Waals surface area contributed by atoms with Crippen LogP contribution in [0.1, 0.15) is 76.9 Å². The number of thiophene rings is 1. The minimum atomic E-state index is -0.379. The molecule has 2 aromatic heterocycles. The lowest BCUT2D eigenvalue weighted by molar-refractivity contribution is -0.384. The number of nitro benzene ring substituents is 1. The van der Waals surface area contributed by atoms with Crippen molar-refractivity contribution in [3.63, 3.8) is 0 Å². The van der Waals surface area contributed by atoms with Crippen LogP contribution in [0.15, 0.2) is 59.7 Å². The molecule has 2 aromatic carbocycles. The molecule has 6 rings (SSSR count). The summed E-state index contributed by atoms with van der Waals surface area (Å²) < 4.78 is 2.15. The van der Waals surface area contributed by atoms with E-state index in [4.69, 9.17) is 4.99 Å². The smallest absolute Gasteiger partial charge is 0.269 e. The van der Waals surface area contributed by atoms with Crippen LogP contribution in [-0.4, -0.2) is 27.7 Å². The van der Waals surface area contributed by atoms with E-state index in [9.17, 15) is 14.9 Å². The molecule has 2 heterocycles. The zero-order valence-corrected chi connectivity index (χ0v) is 22.7. The third kappa shape index (κ3) is 5.39. The molecule has 39 heavy (non-hydrogen) atoms. The van der Waals surface area contributed by atoms with Gasteiger partial charge >= 0.3 is 0 Å². The number of fused-ring (bicyclic) bond motifs is 2. The van der Waals surface area contributed by atoms with Crippen molar-refractivity contribution in [3.8, 4) is 0 Å². The Hall–Kier alpha value is -3.78. The highest BCUT2D eigenvalue weighted by atomic mass is 32.1. The fourth-order valence-corrected chi connectivity index (χ4v) is 7.17. The van der Waals surface area contributed by atoms with Crippen LogP contribution in [0.25, 0.3) is 10.9 Å². The van der Waals surface area contributed by atoms with Gasteiger partial charge in [-0.2, -0.15) is 0 Å². The summed E-state index contributed by atoms with van der Waals surface area (Å²) >= 11 is 1.67. The zero-order chi connectivity index (χ0) is 26.8. The molecule has 1 saturated carbocycles. The highest BCUT2D eigenvalue weighted by molar-refractivity contribution is 7.16. The number of aryl methyl sites for hydroxylation is 1. The van der Waals surface area contributed by atoms with Crippen LogP contribution >= 0.6 is 11.3 Å². The zero-order valence-electron chi connectivity index (χ0n) is 21.9. The molecule has 2 aliphatic carbocycles. The second kappa shape index (κ2) is 11.1. The van der Waals surface area contributed by atoms with E-state index < -0.39 is 0 Å². The van der Waals surface area contributed by atoms with Gasteiger partial charge in [0.25, 0.3) is 11.6 Å². The van der Waals surface area contributed by atoms with Crippen LogP contribution in [-0.2, 0) is 19.4 Å². The van der Waals surface area contributed by atoms with Crippen molar-refractivity contribution >= 4 is 45.0 Å². The number of para-hydroxylation sites is 1. The molecular formula is C31H32N4O3S. The number of carbonyl (C=O) groups excluding carboxylic acids is 1. The molecule has 1 N–H and O–H groups in total. The van der Waals surface area contributed by atoms with E-state index in [0.717, 1.165) is 71.1 Å². The molecule has 0 radical (unpaired) electrons. The molecular weight excluding hydrogens is 508 g/mol. The van der Waals surface area contributed by atoms with Crippen molar-refractivity contribution in [2.45, 2.75) is 70.4 Å². The molecule has 200 valence electrons. The number of nitro groups is 1.